The molecule has 0 atom stereocenters. The van der Waals surface area contributed by atoms with Gasteiger partial charge in [0.05, 0.1) is 6.61 Å². The third-order valence-electron chi connectivity index (χ3n) is 4.99. The number of rotatable bonds is 14. The lowest BCUT2D eigenvalue weighted by Gasteiger charge is -2.13. The van der Waals surface area contributed by atoms with Crippen molar-refractivity contribution in [1.82, 2.24) is 5.32 Å². The van der Waals surface area contributed by atoms with Gasteiger partial charge in [-0.15, -0.1) is 0 Å². The first-order chi connectivity index (χ1) is 13.7. The second-order valence-electron chi connectivity index (χ2n) is 7.29. The van der Waals surface area contributed by atoms with E-state index >= 15 is 0 Å². The zero-order chi connectivity index (χ0) is 20.6. The van der Waals surface area contributed by atoms with Crippen molar-refractivity contribution in [2.45, 2.75) is 79.2 Å². The number of hydrogen-bond donors (Lipinski definition) is 1. The van der Waals surface area contributed by atoms with Crippen molar-refractivity contribution in [1.29, 1.82) is 0 Å². The highest BCUT2D eigenvalue weighted by Gasteiger charge is 2.07. The molecular weight excluding hydrogens is 342 g/mol. The minimum absolute atomic E-state index is 0.686. The number of benzene rings is 1. The molecule has 0 unspecified atom stereocenters. The van der Waals surface area contributed by atoms with Crippen molar-refractivity contribution >= 4 is 5.57 Å². The van der Waals surface area contributed by atoms with Crippen LogP contribution in [0.2, 0.25) is 0 Å². The molecule has 0 saturated carbocycles. The van der Waals surface area contributed by atoms with Crippen LogP contribution in [-0.2, 0) is 11.3 Å². The van der Waals surface area contributed by atoms with Gasteiger partial charge >= 0.3 is 0 Å². The molecule has 0 aliphatic rings. The molecular formula is C26H41NO. The van der Waals surface area contributed by atoms with Crippen LogP contribution in [0.4, 0.5) is 0 Å². The van der Waals surface area contributed by atoms with Gasteiger partial charge in [-0.05, 0) is 72.6 Å². The molecule has 0 aliphatic heterocycles. The van der Waals surface area contributed by atoms with Gasteiger partial charge in [-0.3, -0.25) is 0 Å². The fraction of sp³-hybridized carbons (Fsp3) is 0.538. The average Bonchev–Trinajstić information content (AvgIpc) is 2.72. The monoisotopic (exact) mass is 383 g/mol. The summed E-state index contributed by atoms with van der Waals surface area (Å²) < 4.78 is 5.86. The molecule has 2 nitrogen and oxygen atoms in total. The molecule has 0 saturated heterocycles. The first kappa shape index (κ1) is 24.2. The third-order valence-corrected chi connectivity index (χ3v) is 4.99. The quantitative estimate of drug-likeness (QED) is 0.266. The summed E-state index contributed by atoms with van der Waals surface area (Å²) in [4.78, 5) is 0. The van der Waals surface area contributed by atoms with Crippen molar-refractivity contribution < 1.29 is 4.74 Å². The van der Waals surface area contributed by atoms with Crippen LogP contribution in [0, 0.1) is 0 Å². The molecule has 0 spiro atoms. The lowest BCUT2D eigenvalue weighted by molar-refractivity contribution is 0.117. The van der Waals surface area contributed by atoms with E-state index in [4.69, 9.17) is 4.74 Å². The Morgan fingerprint density at radius 3 is 2.46 bits per heavy atom. The topological polar surface area (TPSA) is 21.3 Å². The van der Waals surface area contributed by atoms with Crippen molar-refractivity contribution in [2.24, 2.45) is 0 Å². The fourth-order valence-electron chi connectivity index (χ4n) is 3.32. The third kappa shape index (κ3) is 8.93. The molecule has 1 aromatic carbocycles. The van der Waals surface area contributed by atoms with Crippen LogP contribution in [0.3, 0.4) is 0 Å². The van der Waals surface area contributed by atoms with E-state index in [-0.39, 0.29) is 0 Å². The number of allylic oxidation sites excluding steroid dienone is 5. The molecule has 1 rings (SSSR count). The molecule has 0 fully saturated rings. The predicted molar refractivity (Wildman–Crippen MR) is 124 cm³/mol. The summed E-state index contributed by atoms with van der Waals surface area (Å²) in [6.07, 6.45) is 15.0. The van der Waals surface area contributed by atoms with Crippen LogP contribution < -0.4 is 5.32 Å². The normalized spacial score (nSPS) is 13.1. The molecule has 0 aliphatic carbocycles. The highest BCUT2D eigenvalue weighted by Crippen LogP contribution is 2.26. The molecule has 0 amide bonds. The second kappa shape index (κ2) is 15.2. The van der Waals surface area contributed by atoms with Gasteiger partial charge in [-0.1, -0.05) is 64.3 Å². The summed E-state index contributed by atoms with van der Waals surface area (Å²) in [5.74, 6) is 0. The van der Waals surface area contributed by atoms with Crippen molar-refractivity contribution in [3.8, 4) is 0 Å². The highest BCUT2D eigenvalue weighted by molar-refractivity contribution is 5.75. The van der Waals surface area contributed by atoms with Crippen LogP contribution in [-0.4, -0.2) is 13.7 Å². The summed E-state index contributed by atoms with van der Waals surface area (Å²) in [5.41, 5.74) is 6.60. The van der Waals surface area contributed by atoms with Gasteiger partial charge in [0.15, 0.2) is 0 Å². The van der Waals surface area contributed by atoms with Crippen molar-refractivity contribution in [3.05, 3.63) is 64.9 Å². The lowest BCUT2D eigenvalue weighted by Crippen LogP contribution is -1.99. The van der Waals surface area contributed by atoms with Gasteiger partial charge in [-0.25, -0.2) is 0 Å². The Kier molecular flexibility index (Phi) is 13.1. The van der Waals surface area contributed by atoms with E-state index in [0.717, 1.165) is 25.9 Å². The van der Waals surface area contributed by atoms with E-state index in [1.54, 1.807) is 0 Å². The molecule has 1 aromatic rings. The maximum atomic E-state index is 5.86. The SMILES string of the molecule is C\C=C(CCCC)/C(=C/C(=C\NC)c1cccc(COCCCCC)c1)CC. The summed E-state index contributed by atoms with van der Waals surface area (Å²) in [6, 6.07) is 8.74. The molecule has 1 N–H and O–H groups in total. The highest BCUT2D eigenvalue weighted by atomic mass is 16.5. The molecule has 0 heterocycles. The predicted octanol–water partition coefficient (Wildman–Crippen LogP) is 7.43. The Labute approximate surface area is 173 Å². The van der Waals surface area contributed by atoms with Crippen LogP contribution in [0.1, 0.15) is 83.8 Å². The van der Waals surface area contributed by atoms with E-state index in [1.807, 2.05) is 7.05 Å². The Morgan fingerprint density at radius 2 is 1.82 bits per heavy atom. The molecule has 0 radical (unpaired) electrons. The first-order valence-electron chi connectivity index (χ1n) is 11.1. The lowest BCUT2D eigenvalue weighted by atomic mass is 9.94. The zero-order valence-electron chi connectivity index (χ0n) is 18.8. The van der Waals surface area contributed by atoms with Gasteiger partial charge in [0, 0.05) is 19.9 Å². The average molecular weight is 384 g/mol. The molecule has 0 bridgehead atoms. The molecule has 28 heavy (non-hydrogen) atoms. The summed E-state index contributed by atoms with van der Waals surface area (Å²) in [6.45, 7) is 10.4. The maximum Gasteiger partial charge on any atom is 0.0717 e. The van der Waals surface area contributed by atoms with Gasteiger partial charge < -0.3 is 10.1 Å². The largest absolute Gasteiger partial charge is 0.393 e. The van der Waals surface area contributed by atoms with Crippen LogP contribution in [0.15, 0.2) is 53.8 Å². The number of nitrogens with one attached hydrogen (secondary N) is 1. The van der Waals surface area contributed by atoms with Gasteiger partial charge in [0.25, 0.3) is 0 Å². The first-order valence-corrected chi connectivity index (χ1v) is 11.1. The van der Waals surface area contributed by atoms with E-state index in [0.29, 0.717) is 6.61 Å². The van der Waals surface area contributed by atoms with Crippen molar-refractivity contribution in [2.75, 3.05) is 13.7 Å². The van der Waals surface area contributed by atoms with E-state index in [2.05, 4.69) is 75.6 Å². The zero-order valence-corrected chi connectivity index (χ0v) is 18.8. The van der Waals surface area contributed by atoms with Gasteiger partial charge in [-0.2, -0.15) is 0 Å². The second-order valence-corrected chi connectivity index (χ2v) is 7.29. The fourth-order valence-corrected chi connectivity index (χ4v) is 3.32. The minimum Gasteiger partial charge on any atom is -0.393 e. The summed E-state index contributed by atoms with van der Waals surface area (Å²) >= 11 is 0. The Bertz CT molecular complexity index is 640. The van der Waals surface area contributed by atoms with Crippen LogP contribution in [0.25, 0.3) is 5.57 Å². The van der Waals surface area contributed by atoms with Crippen LogP contribution in [0.5, 0.6) is 0 Å². The Balaban J connectivity index is 2.98. The minimum atomic E-state index is 0.686. The Morgan fingerprint density at radius 1 is 1.04 bits per heavy atom. The van der Waals surface area contributed by atoms with Gasteiger partial charge in [0.2, 0.25) is 0 Å². The van der Waals surface area contributed by atoms with E-state index < -0.39 is 0 Å². The molecule has 0 aromatic heterocycles. The molecule has 2 heteroatoms. The summed E-state index contributed by atoms with van der Waals surface area (Å²) in [7, 11) is 1.97. The van der Waals surface area contributed by atoms with E-state index in [1.165, 1.54) is 53.5 Å². The van der Waals surface area contributed by atoms with E-state index in [9.17, 15) is 0 Å². The van der Waals surface area contributed by atoms with Crippen molar-refractivity contribution in [3.63, 3.8) is 0 Å². The number of hydrogen-bond acceptors (Lipinski definition) is 2. The number of unbranched alkanes of at least 4 members (excludes halogenated alkanes) is 3. The standard InChI is InChI=1S/C26H41NO/c1-6-10-12-17-28-21-22-14-13-16-25(18-22)26(20-27-5)19-24(9-4)23(8-3)15-11-7-2/h8,13-14,16,18-20,27H,6-7,9-12,15,17,21H2,1-5H3/b23-8-,24-19+,26-20+. The maximum absolute atomic E-state index is 5.86. The van der Waals surface area contributed by atoms with Gasteiger partial charge in [0.1, 0.15) is 0 Å². The molecule has 156 valence electrons. The number of ether oxygens (including phenoxy) is 1. The smallest absolute Gasteiger partial charge is 0.0717 e. The summed E-state index contributed by atoms with van der Waals surface area (Å²) in [5, 5.41) is 3.22. The Hall–Kier alpha value is -1.80. The van der Waals surface area contributed by atoms with Crippen LogP contribution >= 0.6 is 0 Å².